The lowest BCUT2D eigenvalue weighted by Crippen LogP contribution is -2.23. The predicted octanol–water partition coefficient (Wildman–Crippen LogP) is 2.79. The number of H-pyrrole nitrogens is 1. The number of hydrogen-bond acceptors (Lipinski definition) is 6. The zero-order valence-electron chi connectivity index (χ0n) is 15.5. The Morgan fingerprint density at radius 1 is 1.38 bits per heavy atom. The molecule has 7 heteroatoms. The van der Waals surface area contributed by atoms with Crippen molar-refractivity contribution in [3.63, 3.8) is 0 Å². The number of aromatic amines is 1. The maximum absolute atomic E-state index is 9.68. The Morgan fingerprint density at radius 2 is 2.12 bits per heavy atom. The van der Waals surface area contributed by atoms with Crippen LogP contribution in [0, 0.1) is 18.3 Å². The second-order valence-electron chi connectivity index (χ2n) is 6.09. The van der Waals surface area contributed by atoms with Crippen LogP contribution in [-0.2, 0) is 0 Å². The molecule has 1 unspecified atom stereocenters. The van der Waals surface area contributed by atoms with E-state index in [0.29, 0.717) is 17.2 Å². The van der Waals surface area contributed by atoms with Crippen molar-refractivity contribution in [2.45, 2.75) is 26.7 Å². The molecule has 0 bridgehead atoms. The fourth-order valence-electron chi connectivity index (χ4n) is 3.43. The summed E-state index contributed by atoms with van der Waals surface area (Å²) in [6.45, 7) is 7.92. The Morgan fingerprint density at radius 3 is 2.73 bits per heavy atom. The zero-order chi connectivity index (χ0) is 18.8. The molecule has 1 atom stereocenters. The molecule has 2 aromatic rings. The van der Waals surface area contributed by atoms with E-state index in [1.54, 1.807) is 7.11 Å². The molecule has 0 fully saturated rings. The van der Waals surface area contributed by atoms with Gasteiger partial charge in [0.2, 0.25) is 11.8 Å². The normalized spacial score (nSPS) is 15.9. The molecule has 1 aromatic carbocycles. The molecular formula is C19H23N5O2. The number of anilines is 1. The van der Waals surface area contributed by atoms with Crippen molar-refractivity contribution in [3.8, 4) is 17.7 Å². The molecule has 0 aliphatic carbocycles. The molecule has 0 amide bonds. The predicted molar refractivity (Wildman–Crippen MR) is 99.2 cm³/mol. The first-order valence-electron chi connectivity index (χ1n) is 8.60. The number of aromatic nitrogens is 2. The summed E-state index contributed by atoms with van der Waals surface area (Å²) < 4.78 is 11.2. The van der Waals surface area contributed by atoms with Crippen molar-refractivity contribution in [2.24, 2.45) is 5.73 Å². The van der Waals surface area contributed by atoms with Gasteiger partial charge in [-0.25, -0.2) is 0 Å². The number of fused-ring (bicyclic) bond motifs is 1. The van der Waals surface area contributed by atoms with Crippen LogP contribution >= 0.6 is 0 Å². The molecule has 0 saturated heterocycles. The molecule has 7 nitrogen and oxygen atoms in total. The highest BCUT2D eigenvalue weighted by Crippen LogP contribution is 2.46. The van der Waals surface area contributed by atoms with Crippen LogP contribution in [0.25, 0.3) is 0 Å². The van der Waals surface area contributed by atoms with E-state index in [2.05, 4.69) is 35.0 Å². The van der Waals surface area contributed by atoms with Gasteiger partial charge in [-0.05, 0) is 26.8 Å². The Bertz CT molecular complexity index is 890. The molecular weight excluding hydrogens is 330 g/mol. The number of benzene rings is 1. The van der Waals surface area contributed by atoms with Crippen molar-refractivity contribution in [3.05, 3.63) is 46.5 Å². The van der Waals surface area contributed by atoms with Crippen LogP contribution < -0.4 is 20.1 Å². The van der Waals surface area contributed by atoms with Gasteiger partial charge in [0.05, 0.1) is 13.0 Å². The van der Waals surface area contributed by atoms with Gasteiger partial charge in [-0.3, -0.25) is 5.10 Å². The van der Waals surface area contributed by atoms with Gasteiger partial charge < -0.3 is 20.1 Å². The molecule has 1 aliphatic heterocycles. The first kappa shape index (κ1) is 17.7. The quantitative estimate of drug-likeness (QED) is 0.857. The second kappa shape index (κ2) is 7.00. The molecule has 0 spiro atoms. The van der Waals surface area contributed by atoms with Gasteiger partial charge in [-0.15, -0.1) is 5.10 Å². The van der Waals surface area contributed by atoms with E-state index < -0.39 is 0 Å². The smallest absolute Gasteiger partial charge is 0.244 e. The van der Waals surface area contributed by atoms with Crippen LogP contribution in [0.5, 0.6) is 11.6 Å². The van der Waals surface area contributed by atoms with E-state index in [1.807, 2.05) is 25.1 Å². The van der Waals surface area contributed by atoms with Gasteiger partial charge >= 0.3 is 0 Å². The lowest BCUT2D eigenvalue weighted by molar-refractivity contribution is 0.375. The number of nitrogens with zero attached hydrogens (tertiary/aromatic N) is 3. The third-order valence-electron chi connectivity index (χ3n) is 4.79. The molecule has 0 saturated carbocycles. The Kier molecular flexibility index (Phi) is 4.76. The van der Waals surface area contributed by atoms with Crippen LogP contribution in [0.3, 0.4) is 0 Å². The van der Waals surface area contributed by atoms with Gasteiger partial charge in [0.1, 0.15) is 17.4 Å². The van der Waals surface area contributed by atoms with Crippen molar-refractivity contribution < 1.29 is 9.47 Å². The monoisotopic (exact) mass is 353 g/mol. The second-order valence-corrected chi connectivity index (χ2v) is 6.09. The standard InChI is InChI=1S/C19H23N5O2/c1-5-24(6-2)12-7-8-13(15(9-12)25-4)17-14(10-20)18(21)26-19-16(17)11(3)22-23-19/h7-9,17H,5-6,21H2,1-4H3,(H,22,23). The summed E-state index contributed by atoms with van der Waals surface area (Å²) in [7, 11) is 1.63. The van der Waals surface area contributed by atoms with E-state index in [4.69, 9.17) is 15.2 Å². The molecule has 3 rings (SSSR count). The SMILES string of the molecule is CCN(CC)c1ccc(C2C(C#N)=C(N)Oc3n[nH]c(C)c32)c(OC)c1. The highest BCUT2D eigenvalue weighted by Gasteiger charge is 2.35. The third-order valence-corrected chi connectivity index (χ3v) is 4.79. The summed E-state index contributed by atoms with van der Waals surface area (Å²) in [5, 5.41) is 16.8. The van der Waals surface area contributed by atoms with E-state index in [9.17, 15) is 5.26 Å². The third kappa shape index (κ3) is 2.73. The number of methoxy groups -OCH3 is 1. The minimum atomic E-state index is -0.386. The number of ether oxygens (including phenoxy) is 2. The van der Waals surface area contributed by atoms with Crippen LogP contribution in [-0.4, -0.2) is 30.4 Å². The lowest BCUT2D eigenvalue weighted by Gasteiger charge is -2.27. The number of rotatable bonds is 5. The van der Waals surface area contributed by atoms with E-state index in [1.165, 1.54) is 0 Å². The van der Waals surface area contributed by atoms with Crippen LogP contribution in [0.15, 0.2) is 29.7 Å². The fraction of sp³-hybridized carbons (Fsp3) is 0.368. The number of aryl methyl sites for hydroxylation is 1. The maximum atomic E-state index is 9.68. The number of allylic oxidation sites excluding steroid dienone is 1. The molecule has 3 N–H and O–H groups in total. The number of nitrogens with one attached hydrogen (secondary N) is 1. The van der Waals surface area contributed by atoms with Crippen LogP contribution in [0.1, 0.15) is 36.6 Å². The first-order valence-corrected chi connectivity index (χ1v) is 8.60. The van der Waals surface area contributed by atoms with Crippen LogP contribution in [0.4, 0.5) is 5.69 Å². The van der Waals surface area contributed by atoms with Crippen molar-refractivity contribution >= 4 is 5.69 Å². The van der Waals surface area contributed by atoms with Gasteiger partial charge in [0, 0.05) is 41.7 Å². The molecule has 136 valence electrons. The van der Waals surface area contributed by atoms with E-state index >= 15 is 0 Å². The summed E-state index contributed by atoms with van der Waals surface area (Å²) in [6.07, 6.45) is 0. The largest absolute Gasteiger partial charge is 0.496 e. The minimum absolute atomic E-state index is 0.0753. The number of nitriles is 1. The molecule has 26 heavy (non-hydrogen) atoms. The average Bonchev–Trinajstić information content (AvgIpc) is 3.02. The topological polar surface area (TPSA) is 100 Å². The Labute approximate surface area is 153 Å². The van der Waals surface area contributed by atoms with Gasteiger partial charge in [0.15, 0.2) is 0 Å². The van der Waals surface area contributed by atoms with Gasteiger partial charge in [-0.2, -0.15) is 5.26 Å². The zero-order valence-corrected chi connectivity index (χ0v) is 15.5. The highest BCUT2D eigenvalue weighted by atomic mass is 16.5. The molecule has 0 radical (unpaired) electrons. The van der Waals surface area contributed by atoms with E-state index in [0.717, 1.165) is 35.6 Å². The Hall–Kier alpha value is -3.14. The summed E-state index contributed by atoms with van der Waals surface area (Å²) in [5.41, 5.74) is 9.92. The summed E-state index contributed by atoms with van der Waals surface area (Å²) in [5.74, 6) is 0.793. The summed E-state index contributed by atoms with van der Waals surface area (Å²) in [4.78, 5) is 2.24. The van der Waals surface area contributed by atoms with Crippen molar-refractivity contribution in [2.75, 3.05) is 25.1 Å². The van der Waals surface area contributed by atoms with E-state index in [-0.39, 0.29) is 11.8 Å². The number of nitrogens with two attached hydrogens (primary N) is 1. The average molecular weight is 353 g/mol. The summed E-state index contributed by atoms with van der Waals surface area (Å²) in [6, 6.07) is 8.22. The summed E-state index contributed by atoms with van der Waals surface area (Å²) >= 11 is 0. The lowest BCUT2D eigenvalue weighted by atomic mass is 9.83. The van der Waals surface area contributed by atoms with Crippen molar-refractivity contribution in [1.29, 1.82) is 5.26 Å². The maximum Gasteiger partial charge on any atom is 0.244 e. The molecule has 1 aromatic heterocycles. The molecule has 2 heterocycles. The minimum Gasteiger partial charge on any atom is -0.496 e. The van der Waals surface area contributed by atoms with Crippen LogP contribution in [0.2, 0.25) is 0 Å². The first-order chi connectivity index (χ1) is 12.5. The van der Waals surface area contributed by atoms with Crippen molar-refractivity contribution in [1.82, 2.24) is 10.2 Å². The van der Waals surface area contributed by atoms with Gasteiger partial charge in [-0.1, -0.05) is 6.07 Å². The molecule has 1 aliphatic rings. The fourth-order valence-corrected chi connectivity index (χ4v) is 3.43. The highest BCUT2D eigenvalue weighted by molar-refractivity contribution is 5.62. The number of hydrogen-bond donors (Lipinski definition) is 2. The Balaban J connectivity index is 2.18. The van der Waals surface area contributed by atoms with Gasteiger partial charge in [0.25, 0.3) is 0 Å².